The van der Waals surface area contributed by atoms with Gasteiger partial charge < -0.3 is 5.32 Å². The van der Waals surface area contributed by atoms with Crippen molar-refractivity contribution >= 4 is 33.4 Å². The van der Waals surface area contributed by atoms with Crippen LogP contribution in [0.4, 0.5) is 5.69 Å². The lowest BCUT2D eigenvalue weighted by atomic mass is 10.1. The average molecular weight is 488 g/mol. The van der Waals surface area contributed by atoms with E-state index in [1.165, 1.54) is 27.7 Å². The van der Waals surface area contributed by atoms with E-state index in [1.807, 2.05) is 19.1 Å². The van der Waals surface area contributed by atoms with Crippen LogP contribution < -0.4 is 5.32 Å². The second-order valence-corrected chi connectivity index (χ2v) is 10.3. The Balaban J connectivity index is 1.65. The van der Waals surface area contributed by atoms with Gasteiger partial charge in [0, 0.05) is 24.3 Å². The van der Waals surface area contributed by atoms with Crippen LogP contribution in [-0.2, 0) is 21.2 Å². The number of H-pyrrole nitrogens is 1. The van der Waals surface area contributed by atoms with Gasteiger partial charge in [0.2, 0.25) is 21.1 Å². The summed E-state index contributed by atoms with van der Waals surface area (Å²) in [6.07, 6.45) is 0.969. The molecule has 8 nitrogen and oxygen atoms in total. The van der Waals surface area contributed by atoms with E-state index in [9.17, 15) is 13.2 Å². The van der Waals surface area contributed by atoms with Gasteiger partial charge in [-0.05, 0) is 36.6 Å². The molecule has 0 aliphatic heterocycles. The van der Waals surface area contributed by atoms with Crippen molar-refractivity contribution in [3.8, 4) is 11.4 Å². The summed E-state index contributed by atoms with van der Waals surface area (Å²) >= 11 is 1.21. The molecule has 33 heavy (non-hydrogen) atoms. The lowest BCUT2D eigenvalue weighted by molar-refractivity contribution is -0.113. The van der Waals surface area contributed by atoms with E-state index in [-0.39, 0.29) is 16.6 Å². The first-order valence-electron chi connectivity index (χ1n) is 10.8. The van der Waals surface area contributed by atoms with Crippen molar-refractivity contribution < 1.29 is 13.2 Å². The van der Waals surface area contributed by atoms with Crippen LogP contribution in [0.3, 0.4) is 0 Å². The number of sulfonamides is 1. The minimum absolute atomic E-state index is 0.0958. The monoisotopic (exact) mass is 487 g/mol. The zero-order chi connectivity index (χ0) is 24.0. The molecule has 0 aliphatic carbocycles. The number of aromatic amines is 1. The lowest BCUT2D eigenvalue weighted by Crippen LogP contribution is -2.30. The SMILES string of the molecule is CCc1ccc(-c2nc(SCC(=O)Nc3cc(S(=O)(=O)N(CC)CC)ccc3C)n[nH]2)cc1. The molecule has 0 aliphatic rings. The van der Waals surface area contributed by atoms with Crippen molar-refractivity contribution in [1.29, 1.82) is 0 Å². The van der Waals surface area contributed by atoms with Crippen molar-refractivity contribution in [3.63, 3.8) is 0 Å². The molecule has 1 heterocycles. The molecule has 3 rings (SSSR count). The summed E-state index contributed by atoms with van der Waals surface area (Å²) < 4.78 is 27.0. The molecule has 0 saturated carbocycles. The quantitative estimate of drug-likeness (QED) is 0.417. The molecule has 10 heteroatoms. The number of aromatic nitrogens is 3. The maximum atomic E-state index is 12.8. The van der Waals surface area contributed by atoms with Crippen LogP contribution >= 0.6 is 11.8 Å². The summed E-state index contributed by atoms with van der Waals surface area (Å²) in [7, 11) is -3.61. The number of nitrogens with zero attached hydrogens (tertiary/aromatic N) is 3. The van der Waals surface area contributed by atoms with Gasteiger partial charge in [0.1, 0.15) is 0 Å². The van der Waals surface area contributed by atoms with Gasteiger partial charge >= 0.3 is 0 Å². The number of aryl methyl sites for hydroxylation is 2. The van der Waals surface area contributed by atoms with Crippen LogP contribution in [0, 0.1) is 6.92 Å². The Bertz CT molecular complexity index is 1200. The number of amides is 1. The van der Waals surface area contributed by atoms with Gasteiger partial charge in [-0.2, -0.15) is 4.31 Å². The second kappa shape index (κ2) is 11.0. The number of anilines is 1. The highest BCUT2D eigenvalue weighted by Crippen LogP contribution is 2.24. The first kappa shape index (κ1) is 24.9. The molecule has 0 unspecified atom stereocenters. The molecule has 176 valence electrons. The van der Waals surface area contributed by atoms with Crippen LogP contribution in [0.5, 0.6) is 0 Å². The number of hydrogen-bond donors (Lipinski definition) is 2. The predicted molar refractivity (Wildman–Crippen MR) is 132 cm³/mol. The Labute approximate surface area is 199 Å². The molecule has 2 aromatic carbocycles. The standard InChI is InChI=1S/C23H29N5O3S2/c1-5-17-9-11-18(12-10-17)22-25-23(27-26-22)32-15-21(29)24-20-14-19(13-8-16(20)4)33(30,31)28(6-2)7-3/h8-14H,5-7,15H2,1-4H3,(H,24,29)(H,25,26,27). The van der Waals surface area contributed by atoms with Gasteiger partial charge in [0.25, 0.3) is 0 Å². The topological polar surface area (TPSA) is 108 Å². The minimum Gasteiger partial charge on any atom is -0.325 e. The van der Waals surface area contributed by atoms with Gasteiger partial charge in [0.05, 0.1) is 10.6 Å². The number of rotatable bonds is 10. The average Bonchev–Trinajstić information content (AvgIpc) is 3.29. The smallest absolute Gasteiger partial charge is 0.243 e. The van der Waals surface area contributed by atoms with Gasteiger partial charge in [0.15, 0.2) is 5.82 Å². The Morgan fingerprint density at radius 3 is 2.42 bits per heavy atom. The zero-order valence-electron chi connectivity index (χ0n) is 19.3. The summed E-state index contributed by atoms with van der Waals surface area (Å²) in [6.45, 7) is 8.28. The minimum atomic E-state index is -3.61. The van der Waals surface area contributed by atoms with E-state index in [4.69, 9.17) is 0 Å². The number of hydrogen-bond acceptors (Lipinski definition) is 6. The van der Waals surface area contributed by atoms with Gasteiger partial charge in [-0.15, -0.1) is 5.10 Å². The van der Waals surface area contributed by atoms with E-state index in [1.54, 1.807) is 26.0 Å². The van der Waals surface area contributed by atoms with Gasteiger partial charge in [-0.1, -0.05) is 62.9 Å². The van der Waals surface area contributed by atoms with Crippen LogP contribution in [-0.4, -0.2) is 52.7 Å². The van der Waals surface area contributed by atoms with Crippen molar-refractivity contribution in [2.75, 3.05) is 24.2 Å². The van der Waals surface area contributed by atoms with Gasteiger partial charge in [-0.25, -0.2) is 13.4 Å². The summed E-state index contributed by atoms with van der Waals surface area (Å²) in [4.78, 5) is 17.1. The molecule has 3 aromatic rings. The van der Waals surface area contributed by atoms with Gasteiger partial charge in [-0.3, -0.25) is 9.89 Å². The fourth-order valence-corrected chi connectivity index (χ4v) is 5.35. The lowest BCUT2D eigenvalue weighted by Gasteiger charge is -2.19. The summed E-state index contributed by atoms with van der Waals surface area (Å²) in [5.41, 5.74) is 3.43. The maximum Gasteiger partial charge on any atom is 0.243 e. The highest BCUT2D eigenvalue weighted by molar-refractivity contribution is 7.99. The number of carbonyl (C=O) groups excluding carboxylic acids is 1. The Hall–Kier alpha value is -2.69. The van der Waals surface area contributed by atoms with Crippen LogP contribution in [0.2, 0.25) is 0 Å². The Kier molecular flexibility index (Phi) is 8.28. The fourth-order valence-electron chi connectivity index (χ4n) is 3.26. The molecule has 1 aromatic heterocycles. The molecular formula is C23H29N5O3S2. The largest absolute Gasteiger partial charge is 0.325 e. The zero-order valence-corrected chi connectivity index (χ0v) is 20.9. The first-order valence-corrected chi connectivity index (χ1v) is 13.3. The molecule has 0 radical (unpaired) electrons. The van der Waals surface area contributed by atoms with E-state index < -0.39 is 10.0 Å². The van der Waals surface area contributed by atoms with Crippen molar-refractivity contribution in [1.82, 2.24) is 19.5 Å². The summed E-state index contributed by atoms with van der Waals surface area (Å²) in [5, 5.41) is 10.4. The number of nitrogens with one attached hydrogen (secondary N) is 2. The van der Waals surface area contributed by atoms with E-state index in [0.717, 1.165) is 17.5 Å². The Morgan fingerprint density at radius 1 is 1.09 bits per heavy atom. The first-order chi connectivity index (χ1) is 15.8. The molecule has 0 saturated heterocycles. The molecule has 2 N–H and O–H groups in total. The third-order valence-corrected chi connectivity index (χ3v) is 8.15. The van der Waals surface area contributed by atoms with Crippen LogP contribution in [0.15, 0.2) is 52.5 Å². The van der Waals surface area contributed by atoms with Crippen LogP contribution in [0.25, 0.3) is 11.4 Å². The molecule has 0 bridgehead atoms. The normalized spacial score (nSPS) is 11.7. The second-order valence-electron chi connectivity index (χ2n) is 7.42. The van der Waals surface area contributed by atoms with Crippen LogP contribution in [0.1, 0.15) is 31.9 Å². The third kappa shape index (κ3) is 6.01. The van der Waals surface area contributed by atoms with E-state index >= 15 is 0 Å². The third-order valence-electron chi connectivity index (χ3n) is 5.26. The number of thioether (sulfide) groups is 1. The molecule has 0 atom stereocenters. The van der Waals surface area contributed by atoms with Crippen molar-refractivity contribution in [3.05, 3.63) is 53.6 Å². The summed E-state index contributed by atoms with van der Waals surface area (Å²) in [5.74, 6) is 0.475. The van der Waals surface area contributed by atoms with E-state index in [0.29, 0.717) is 29.8 Å². The predicted octanol–water partition coefficient (Wildman–Crippen LogP) is 4.10. The summed E-state index contributed by atoms with van der Waals surface area (Å²) in [6, 6.07) is 12.9. The highest BCUT2D eigenvalue weighted by Gasteiger charge is 2.22. The fraction of sp³-hybridized carbons (Fsp3) is 0.348. The van der Waals surface area contributed by atoms with E-state index in [2.05, 4.69) is 39.6 Å². The Morgan fingerprint density at radius 2 is 1.79 bits per heavy atom. The maximum absolute atomic E-state index is 12.8. The molecule has 0 fully saturated rings. The molecular weight excluding hydrogens is 458 g/mol. The molecule has 1 amide bonds. The van der Waals surface area contributed by atoms with Crippen molar-refractivity contribution in [2.45, 2.75) is 44.2 Å². The highest BCUT2D eigenvalue weighted by atomic mass is 32.2. The van der Waals surface area contributed by atoms with Crippen molar-refractivity contribution in [2.24, 2.45) is 0 Å². The number of carbonyl (C=O) groups is 1. The number of benzene rings is 2. The molecule has 0 spiro atoms.